The quantitative estimate of drug-likeness (QED) is 0.607. The van der Waals surface area contributed by atoms with E-state index in [9.17, 15) is 13.2 Å². The molecular weight excluding hydrogens is 250 g/mol. The maximum absolute atomic E-state index is 11.6. The summed E-state index contributed by atoms with van der Waals surface area (Å²) in [7, 11) is 5.01. The van der Waals surface area contributed by atoms with E-state index in [4.69, 9.17) is 10.7 Å². The number of Topliss-reactive ketones (excluding diaryl/α,β-unsaturated/α-hetero) is 1. The van der Waals surface area contributed by atoms with E-state index in [1.165, 1.54) is 24.3 Å². The third-order valence-corrected chi connectivity index (χ3v) is 3.29. The number of likely N-dealkylation sites (N-methyl/N-ethyl adjacent to an activating group) is 1. The SMILES string of the molecule is CN(C)CC(=O)c1ccc(S(=O)(=O)Cl)cc1. The van der Waals surface area contributed by atoms with E-state index in [1.807, 2.05) is 0 Å². The molecule has 0 aliphatic carbocycles. The second-order valence-corrected chi connectivity index (χ2v) is 6.19. The number of halogens is 1. The summed E-state index contributed by atoms with van der Waals surface area (Å²) in [5.74, 6) is -0.0662. The van der Waals surface area contributed by atoms with E-state index in [0.29, 0.717) is 5.56 Å². The van der Waals surface area contributed by atoms with Crippen molar-refractivity contribution in [1.82, 2.24) is 4.90 Å². The van der Waals surface area contributed by atoms with E-state index in [0.717, 1.165) is 0 Å². The minimum absolute atomic E-state index is 0.00410. The van der Waals surface area contributed by atoms with Crippen molar-refractivity contribution < 1.29 is 13.2 Å². The lowest BCUT2D eigenvalue weighted by Gasteiger charge is -2.08. The number of benzene rings is 1. The maximum atomic E-state index is 11.6. The number of rotatable bonds is 4. The van der Waals surface area contributed by atoms with Crippen LogP contribution in [0.25, 0.3) is 0 Å². The highest BCUT2D eigenvalue weighted by Gasteiger charge is 2.11. The Morgan fingerprint density at radius 2 is 1.75 bits per heavy atom. The Bertz CT molecular complexity index is 479. The molecule has 1 rings (SSSR count). The van der Waals surface area contributed by atoms with Gasteiger partial charge >= 0.3 is 0 Å². The van der Waals surface area contributed by atoms with Crippen LogP contribution in [0.3, 0.4) is 0 Å². The molecule has 0 amide bonds. The van der Waals surface area contributed by atoms with Gasteiger partial charge in [0.1, 0.15) is 0 Å². The third-order valence-electron chi connectivity index (χ3n) is 1.92. The molecule has 0 unspecified atom stereocenters. The van der Waals surface area contributed by atoms with Crippen molar-refractivity contribution >= 4 is 25.5 Å². The van der Waals surface area contributed by atoms with E-state index in [2.05, 4.69) is 0 Å². The molecule has 6 heteroatoms. The van der Waals surface area contributed by atoms with Crippen LogP contribution in [0.5, 0.6) is 0 Å². The summed E-state index contributed by atoms with van der Waals surface area (Å²) in [6.07, 6.45) is 0. The van der Waals surface area contributed by atoms with Crippen LogP contribution in [-0.4, -0.2) is 39.7 Å². The van der Waals surface area contributed by atoms with Gasteiger partial charge in [0.2, 0.25) is 0 Å². The number of hydrogen-bond donors (Lipinski definition) is 0. The topological polar surface area (TPSA) is 54.5 Å². The molecule has 1 aromatic rings. The van der Waals surface area contributed by atoms with Crippen molar-refractivity contribution in [1.29, 1.82) is 0 Å². The van der Waals surface area contributed by atoms with Crippen molar-refractivity contribution in [2.45, 2.75) is 4.90 Å². The van der Waals surface area contributed by atoms with E-state index in [1.54, 1.807) is 19.0 Å². The average Bonchev–Trinajstić information content (AvgIpc) is 2.15. The third kappa shape index (κ3) is 3.59. The van der Waals surface area contributed by atoms with Crippen molar-refractivity contribution in [2.24, 2.45) is 0 Å². The van der Waals surface area contributed by atoms with Crippen LogP contribution >= 0.6 is 10.7 Å². The number of hydrogen-bond acceptors (Lipinski definition) is 4. The molecule has 0 atom stereocenters. The van der Waals surface area contributed by atoms with Gasteiger partial charge in [-0.15, -0.1) is 0 Å². The Kier molecular flexibility index (Phi) is 4.07. The number of carbonyl (C=O) groups is 1. The number of nitrogens with zero attached hydrogens (tertiary/aromatic N) is 1. The van der Waals surface area contributed by atoms with Gasteiger partial charge in [-0.25, -0.2) is 8.42 Å². The first-order chi connectivity index (χ1) is 7.30. The Morgan fingerprint density at radius 3 is 2.12 bits per heavy atom. The van der Waals surface area contributed by atoms with Gasteiger partial charge in [0.25, 0.3) is 9.05 Å². The molecule has 16 heavy (non-hydrogen) atoms. The van der Waals surface area contributed by atoms with Gasteiger partial charge in [0, 0.05) is 16.2 Å². The number of carbonyl (C=O) groups excluding carboxylic acids is 1. The predicted octanol–water partition coefficient (Wildman–Crippen LogP) is 1.36. The highest BCUT2D eigenvalue weighted by molar-refractivity contribution is 8.13. The lowest BCUT2D eigenvalue weighted by atomic mass is 10.1. The lowest BCUT2D eigenvalue weighted by Crippen LogP contribution is -2.21. The van der Waals surface area contributed by atoms with Gasteiger partial charge in [-0.2, -0.15) is 0 Å². The first-order valence-corrected chi connectivity index (χ1v) is 6.84. The molecule has 0 fully saturated rings. The summed E-state index contributed by atoms with van der Waals surface area (Å²) in [6, 6.07) is 5.57. The highest BCUT2D eigenvalue weighted by atomic mass is 35.7. The Balaban J connectivity index is 2.92. The summed E-state index contributed by atoms with van der Waals surface area (Å²) in [6.45, 7) is 0.285. The van der Waals surface area contributed by atoms with Crippen LogP contribution in [-0.2, 0) is 9.05 Å². The summed E-state index contributed by atoms with van der Waals surface area (Å²) in [5.41, 5.74) is 0.470. The lowest BCUT2D eigenvalue weighted by molar-refractivity contribution is 0.0958. The van der Waals surface area contributed by atoms with E-state index >= 15 is 0 Å². The molecule has 0 N–H and O–H groups in total. The molecule has 0 radical (unpaired) electrons. The van der Waals surface area contributed by atoms with Gasteiger partial charge in [0.15, 0.2) is 5.78 Å². The van der Waals surface area contributed by atoms with Gasteiger partial charge in [-0.05, 0) is 26.2 Å². The normalized spacial score (nSPS) is 11.8. The maximum Gasteiger partial charge on any atom is 0.261 e. The second kappa shape index (κ2) is 4.95. The van der Waals surface area contributed by atoms with E-state index < -0.39 is 9.05 Å². The molecule has 0 heterocycles. The molecule has 0 bridgehead atoms. The molecule has 0 saturated heterocycles. The first-order valence-electron chi connectivity index (χ1n) is 4.53. The zero-order valence-electron chi connectivity index (χ0n) is 8.97. The average molecular weight is 262 g/mol. The highest BCUT2D eigenvalue weighted by Crippen LogP contribution is 2.15. The van der Waals surface area contributed by atoms with Crippen LogP contribution in [0.1, 0.15) is 10.4 Å². The summed E-state index contributed by atoms with van der Waals surface area (Å²) in [5, 5.41) is 0. The zero-order valence-corrected chi connectivity index (χ0v) is 10.5. The fraction of sp³-hybridized carbons (Fsp3) is 0.300. The van der Waals surface area contributed by atoms with Gasteiger partial charge in [0.05, 0.1) is 11.4 Å². The number of ketones is 1. The van der Waals surface area contributed by atoms with E-state index in [-0.39, 0.29) is 17.2 Å². The van der Waals surface area contributed by atoms with Crippen molar-refractivity contribution in [3.05, 3.63) is 29.8 Å². The molecule has 0 aliphatic heterocycles. The minimum Gasteiger partial charge on any atom is -0.302 e. The van der Waals surface area contributed by atoms with Crippen LogP contribution in [0.4, 0.5) is 0 Å². The molecule has 0 aliphatic rings. The van der Waals surface area contributed by atoms with Crippen LogP contribution in [0.15, 0.2) is 29.2 Å². The fourth-order valence-electron chi connectivity index (χ4n) is 1.18. The van der Waals surface area contributed by atoms with Gasteiger partial charge in [-0.3, -0.25) is 4.79 Å². The summed E-state index contributed by atoms with van der Waals surface area (Å²) >= 11 is 0. The standard InChI is InChI=1S/C10H12ClNO3S/c1-12(2)7-10(13)8-3-5-9(6-4-8)16(11,14)15/h3-6H,7H2,1-2H3. The molecule has 0 saturated carbocycles. The molecule has 4 nitrogen and oxygen atoms in total. The first kappa shape index (κ1) is 13.2. The smallest absolute Gasteiger partial charge is 0.261 e. The largest absolute Gasteiger partial charge is 0.302 e. The molecule has 88 valence electrons. The second-order valence-electron chi connectivity index (χ2n) is 3.62. The molecule has 0 aromatic heterocycles. The van der Waals surface area contributed by atoms with Crippen molar-refractivity contribution in [3.8, 4) is 0 Å². The van der Waals surface area contributed by atoms with Crippen LogP contribution < -0.4 is 0 Å². The Labute approximate surface area is 99.2 Å². The monoisotopic (exact) mass is 261 g/mol. The van der Waals surface area contributed by atoms with Gasteiger partial charge < -0.3 is 4.90 Å². The van der Waals surface area contributed by atoms with Crippen LogP contribution in [0, 0.1) is 0 Å². The minimum atomic E-state index is -3.72. The molecular formula is C10H12ClNO3S. The fourth-order valence-corrected chi connectivity index (χ4v) is 1.95. The Hall–Kier alpha value is -0.910. The predicted molar refractivity (Wildman–Crippen MR) is 62.4 cm³/mol. The Morgan fingerprint density at radius 1 is 1.25 bits per heavy atom. The molecule has 0 spiro atoms. The van der Waals surface area contributed by atoms with Gasteiger partial charge in [-0.1, -0.05) is 12.1 Å². The summed E-state index contributed by atoms with van der Waals surface area (Å²) < 4.78 is 21.9. The molecule has 1 aromatic carbocycles. The van der Waals surface area contributed by atoms with Crippen molar-refractivity contribution in [3.63, 3.8) is 0 Å². The van der Waals surface area contributed by atoms with Crippen LogP contribution in [0.2, 0.25) is 0 Å². The summed E-state index contributed by atoms with van der Waals surface area (Å²) in [4.78, 5) is 13.3. The zero-order chi connectivity index (χ0) is 12.3. The van der Waals surface area contributed by atoms with Crippen molar-refractivity contribution in [2.75, 3.05) is 20.6 Å².